The molecule has 196 valence electrons. The van der Waals surface area contributed by atoms with Crippen LogP contribution in [0.2, 0.25) is 19.1 Å². The first-order valence-corrected chi connectivity index (χ1v) is 17.3. The first-order valence-electron chi connectivity index (χ1n) is 14.1. The van der Waals surface area contributed by atoms with E-state index in [1.54, 1.807) is 17.3 Å². The third-order valence-electron chi connectivity index (χ3n) is 9.80. The summed E-state index contributed by atoms with van der Waals surface area (Å²) in [5, 5.41) is 1.60. The molecule has 2 aromatic carbocycles. The molecule has 1 saturated heterocycles. The molecular weight excluding hydrogens is 487 g/mol. The van der Waals surface area contributed by atoms with Gasteiger partial charge in [0.15, 0.2) is 0 Å². The molecule has 0 radical (unpaired) electrons. The van der Waals surface area contributed by atoms with Crippen LogP contribution in [0, 0.1) is 18.2 Å². The van der Waals surface area contributed by atoms with Gasteiger partial charge in [-0.2, -0.15) is 0 Å². The van der Waals surface area contributed by atoms with Crippen molar-refractivity contribution in [1.29, 1.82) is 0 Å². The lowest BCUT2D eigenvalue weighted by Crippen LogP contribution is -2.55. The van der Waals surface area contributed by atoms with E-state index in [0.29, 0.717) is 5.41 Å². The van der Waals surface area contributed by atoms with Crippen LogP contribution in [-0.2, 0) is 12.0 Å². The molecule has 1 aliphatic carbocycles. The molecule has 0 amide bonds. The summed E-state index contributed by atoms with van der Waals surface area (Å²) in [7, 11) is -1.55. The Kier molecular flexibility index (Phi) is 5.23. The average molecular weight is 525 g/mol. The number of hydrogen-bond acceptors (Lipinski definition) is 3. The summed E-state index contributed by atoms with van der Waals surface area (Å²) < 4.78 is 16.0. The fraction of sp³-hybridized carbons (Fsp3) is 0.438. The summed E-state index contributed by atoms with van der Waals surface area (Å²) >= 11 is 0. The first kappa shape index (κ1) is 24.1. The molecule has 1 atom stereocenters. The van der Waals surface area contributed by atoms with Crippen molar-refractivity contribution in [1.82, 2.24) is 14.5 Å². The zero-order valence-electron chi connectivity index (χ0n) is 23.0. The highest BCUT2D eigenvalue weighted by atomic mass is 28.3. The Morgan fingerprint density at radius 1 is 1.05 bits per heavy atom. The average Bonchev–Trinajstić information content (AvgIpc) is 3.34. The largest absolute Gasteiger partial charge is 0.347 e. The highest BCUT2D eigenvalue weighted by Gasteiger charge is 2.53. The van der Waals surface area contributed by atoms with Gasteiger partial charge in [0, 0.05) is 25.0 Å². The van der Waals surface area contributed by atoms with Gasteiger partial charge in [-0.1, -0.05) is 31.3 Å². The van der Waals surface area contributed by atoms with Crippen LogP contribution >= 0.6 is 0 Å². The van der Waals surface area contributed by atoms with Crippen molar-refractivity contribution in [3.05, 3.63) is 82.7 Å². The van der Waals surface area contributed by atoms with E-state index in [1.165, 1.54) is 46.8 Å². The number of imidazole rings is 1. The van der Waals surface area contributed by atoms with Crippen molar-refractivity contribution < 1.29 is 4.39 Å². The van der Waals surface area contributed by atoms with Crippen LogP contribution in [0.15, 0.2) is 59.5 Å². The van der Waals surface area contributed by atoms with Crippen LogP contribution in [0.5, 0.6) is 0 Å². The summed E-state index contributed by atoms with van der Waals surface area (Å²) in [6, 6.07) is 13.1. The molecule has 1 spiro atoms. The van der Waals surface area contributed by atoms with Crippen LogP contribution < -0.4 is 5.19 Å². The van der Waals surface area contributed by atoms with Gasteiger partial charge in [0.2, 0.25) is 0 Å². The number of amidine groups is 1. The molecule has 7 rings (SSSR count). The van der Waals surface area contributed by atoms with Gasteiger partial charge in [-0.25, -0.2) is 9.37 Å². The third kappa shape index (κ3) is 3.75. The fourth-order valence-corrected chi connectivity index (χ4v) is 10.4. The number of rotatable bonds is 3. The molecule has 6 heteroatoms. The van der Waals surface area contributed by atoms with E-state index in [0.717, 1.165) is 43.9 Å². The number of piperidine rings is 1. The number of fused-ring (bicyclic) bond motifs is 2. The number of hydrogen-bond donors (Lipinski definition) is 0. The van der Waals surface area contributed by atoms with Gasteiger partial charge in [-0.05, 0) is 109 Å². The normalized spacial score (nSPS) is 25.9. The Labute approximate surface area is 226 Å². The molecular formula is C32H37FN4Si. The standard InChI is InChI=1S/C32H37FN4Si/c1-22-19-36(21-35-22)28-10-5-23(27-11-16-38(3,4)29(27)28)17-24-18-32(12-13-32)20-37-30(24)34-15-14-31(37,2)25-6-8-26(33)9-7-25/h5-10,17,19,21H,11-16,18,20H2,1-4H3/b24-17+. The number of benzene rings is 2. The van der Waals surface area contributed by atoms with Gasteiger partial charge in [0.05, 0.1) is 25.6 Å². The van der Waals surface area contributed by atoms with Crippen molar-refractivity contribution in [3.8, 4) is 5.69 Å². The molecule has 1 unspecified atom stereocenters. The molecule has 2 fully saturated rings. The topological polar surface area (TPSA) is 33.4 Å². The van der Waals surface area contributed by atoms with Gasteiger partial charge in [0.1, 0.15) is 11.7 Å². The van der Waals surface area contributed by atoms with E-state index in [1.807, 2.05) is 18.5 Å². The minimum Gasteiger partial charge on any atom is -0.347 e. The lowest BCUT2D eigenvalue weighted by atomic mass is 9.79. The van der Waals surface area contributed by atoms with Gasteiger partial charge < -0.3 is 9.47 Å². The lowest BCUT2D eigenvalue weighted by Gasteiger charge is -2.51. The second kappa shape index (κ2) is 8.25. The summed E-state index contributed by atoms with van der Waals surface area (Å²) in [4.78, 5) is 12.2. The van der Waals surface area contributed by atoms with Crippen molar-refractivity contribution in [2.75, 3.05) is 13.1 Å². The van der Waals surface area contributed by atoms with E-state index < -0.39 is 8.07 Å². The minimum atomic E-state index is -1.55. The van der Waals surface area contributed by atoms with E-state index in [2.05, 4.69) is 65.8 Å². The van der Waals surface area contributed by atoms with Gasteiger partial charge in [-0.15, -0.1) is 0 Å². The quantitative estimate of drug-likeness (QED) is 0.373. The zero-order chi connectivity index (χ0) is 26.3. The van der Waals surface area contributed by atoms with E-state index in [4.69, 9.17) is 4.99 Å². The van der Waals surface area contributed by atoms with Crippen LogP contribution in [0.25, 0.3) is 11.8 Å². The van der Waals surface area contributed by atoms with Crippen molar-refractivity contribution in [3.63, 3.8) is 0 Å². The predicted molar refractivity (Wildman–Crippen MR) is 156 cm³/mol. The highest BCUT2D eigenvalue weighted by molar-refractivity contribution is 6.91. The number of aliphatic imine (C=N–C) groups is 1. The summed E-state index contributed by atoms with van der Waals surface area (Å²) in [6.45, 7) is 11.3. The molecule has 3 aliphatic heterocycles. The summed E-state index contributed by atoms with van der Waals surface area (Å²) in [6.07, 6.45) is 12.4. The van der Waals surface area contributed by atoms with Crippen LogP contribution in [0.3, 0.4) is 0 Å². The molecule has 38 heavy (non-hydrogen) atoms. The van der Waals surface area contributed by atoms with Crippen LogP contribution in [0.4, 0.5) is 4.39 Å². The zero-order valence-corrected chi connectivity index (χ0v) is 24.0. The van der Waals surface area contributed by atoms with Gasteiger partial charge in [0.25, 0.3) is 0 Å². The summed E-state index contributed by atoms with van der Waals surface area (Å²) in [5.74, 6) is 0.993. The molecule has 1 saturated carbocycles. The van der Waals surface area contributed by atoms with Crippen molar-refractivity contribution >= 4 is 25.2 Å². The van der Waals surface area contributed by atoms with E-state index in [9.17, 15) is 4.39 Å². The Hall–Kier alpha value is -2.99. The first-order chi connectivity index (χ1) is 18.2. The molecule has 0 N–H and O–H groups in total. The number of halogens is 1. The third-order valence-corrected chi connectivity index (χ3v) is 13.2. The minimum absolute atomic E-state index is 0.167. The van der Waals surface area contributed by atoms with Crippen molar-refractivity contribution in [2.45, 2.75) is 70.6 Å². The number of aromatic nitrogens is 2. The molecule has 4 heterocycles. The van der Waals surface area contributed by atoms with Crippen LogP contribution in [-0.4, -0.2) is 41.4 Å². The van der Waals surface area contributed by atoms with Crippen LogP contribution in [0.1, 0.15) is 55.0 Å². The van der Waals surface area contributed by atoms with E-state index >= 15 is 0 Å². The van der Waals surface area contributed by atoms with Gasteiger partial charge in [-0.3, -0.25) is 4.99 Å². The fourth-order valence-electron chi connectivity index (χ4n) is 7.30. The predicted octanol–water partition coefficient (Wildman–Crippen LogP) is 6.38. The number of aryl methyl sites for hydroxylation is 1. The van der Waals surface area contributed by atoms with Crippen molar-refractivity contribution in [2.24, 2.45) is 10.4 Å². The smallest absolute Gasteiger partial charge is 0.127 e. The number of nitrogens with zero attached hydrogens (tertiary/aromatic N) is 4. The SMILES string of the molecule is Cc1cn(-c2ccc(/C=C3\CC4(CC4)CN4C3=NCCC4(C)c3ccc(F)cc3)c3c2[Si](C)(C)CC3)cn1. The monoisotopic (exact) mass is 524 g/mol. The Morgan fingerprint density at radius 2 is 1.84 bits per heavy atom. The van der Waals surface area contributed by atoms with Gasteiger partial charge >= 0.3 is 0 Å². The Bertz CT molecular complexity index is 1490. The Morgan fingerprint density at radius 3 is 2.55 bits per heavy atom. The lowest BCUT2D eigenvalue weighted by molar-refractivity contribution is 0.129. The maximum Gasteiger partial charge on any atom is 0.127 e. The molecule has 1 aromatic heterocycles. The maximum atomic E-state index is 13.8. The second-order valence-corrected chi connectivity index (χ2v) is 17.8. The van der Waals surface area contributed by atoms with E-state index in [-0.39, 0.29) is 11.4 Å². The Balaban J connectivity index is 1.33. The second-order valence-electron chi connectivity index (χ2n) is 13.0. The molecule has 0 bridgehead atoms. The molecule has 4 aliphatic rings. The molecule has 4 nitrogen and oxygen atoms in total. The summed E-state index contributed by atoms with van der Waals surface area (Å²) in [5.41, 5.74) is 8.06. The highest BCUT2D eigenvalue weighted by Crippen LogP contribution is 2.57. The molecule has 3 aromatic rings. The maximum absolute atomic E-state index is 13.8.